The zero-order valence-corrected chi connectivity index (χ0v) is 17.7. The first kappa shape index (κ1) is 21.1. The molecule has 0 fully saturated rings. The highest BCUT2D eigenvalue weighted by molar-refractivity contribution is 6.05. The average molecular weight is 402 g/mol. The second-order valence-corrected chi connectivity index (χ2v) is 7.45. The summed E-state index contributed by atoms with van der Waals surface area (Å²) in [6, 6.07) is 16.5. The van der Waals surface area contributed by atoms with Crippen LogP contribution in [0.4, 0.5) is 0 Å². The minimum absolute atomic E-state index is 0.118. The zero-order valence-electron chi connectivity index (χ0n) is 17.7. The van der Waals surface area contributed by atoms with Crippen molar-refractivity contribution in [2.24, 2.45) is 0 Å². The fourth-order valence-electron chi connectivity index (χ4n) is 3.15. The molecule has 0 aliphatic rings. The third kappa shape index (κ3) is 5.26. The van der Waals surface area contributed by atoms with E-state index in [0.717, 1.165) is 22.3 Å². The van der Waals surface area contributed by atoms with E-state index in [2.05, 4.69) is 16.7 Å². The Bertz CT molecular complexity index is 1060. The van der Waals surface area contributed by atoms with Gasteiger partial charge in [-0.3, -0.25) is 9.59 Å². The van der Waals surface area contributed by atoms with Crippen LogP contribution in [0.3, 0.4) is 0 Å². The largest absolute Gasteiger partial charge is 0.465 e. The first-order valence-electron chi connectivity index (χ1n) is 9.84. The van der Waals surface area contributed by atoms with Crippen molar-refractivity contribution in [3.8, 4) is 0 Å². The normalized spacial score (nSPS) is 12.3. The van der Waals surface area contributed by atoms with Crippen LogP contribution >= 0.6 is 0 Å². The number of hydrogen-bond acceptors (Lipinski definition) is 3. The van der Waals surface area contributed by atoms with E-state index in [0.29, 0.717) is 11.3 Å². The molecule has 0 aliphatic heterocycles. The maximum Gasteiger partial charge on any atom is 0.268 e. The molecule has 154 valence electrons. The fourth-order valence-corrected chi connectivity index (χ4v) is 3.15. The van der Waals surface area contributed by atoms with E-state index in [1.807, 2.05) is 52.0 Å². The maximum absolute atomic E-state index is 13.0. The van der Waals surface area contributed by atoms with Crippen LogP contribution in [0.1, 0.15) is 51.3 Å². The van der Waals surface area contributed by atoms with Crippen molar-refractivity contribution < 1.29 is 14.0 Å². The predicted octanol–water partition coefficient (Wildman–Crippen LogP) is 4.85. The van der Waals surface area contributed by atoms with E-state index >= 15 is 0 Å². The second-order valence-electron chi connectivity index (χ2n) is 7.45. The molecule has 1 atom stereocenters. The minimum Gasteiger partial charge on any atom is -0.465 e. The van der Waals surface area contributed by atoms with Crippen LogP contribution < -0.4 is 10.6 Å². The lowest BCUT2D eigenvalue weighted by Crippen LogP contribution is -2.36. The summed E-state index contributed by atoms with van der Waals surface area (Å²) in [5.74, 6) is -0.272. The number of carbonyl (C=O) groups is 2. The lowest BCUT2D eigenvalue weighted by molar-refractivity contribution is -0.118. The van der Waals surface area contributed by atoms with Gasteiger partial charge in [0.05, 0.1) is 12.3 Å². The van der Waals surface area contributed by atoms with Gasteiger partial charge in [0.1, 0.15) is 11.5 Å². The quantitative estimate of drug-likeness (QED) is 0.579. The highest BCUT2D eigenvalue weighted by atomic mass is 16.3. The summed E-state index contributed by atoms with van der Waals surface area (Å²) in [5, 5.41) is 5.70. The van der Waals surface area contributed by atoms with Gasteiger partial charge in [0.2, 0.25) is 0 Å². The molecule has 5 heteroatoms. The van der Waals surface area contributed by atoms with Crippen LogP contribution in [0.15, 0.2) is 71.0 Å². The SMILES string of the molecule is Cc1ccc(C(=O)N/C(=C\c2ccco2)C(=O)N[C@@H](C)c2cc(C)ccc2C)cc1. The van der Waals surface area contributed by atoms with Crippen molar-refractivity contribution in [1.82, 2.24) is 10.6 Å². The van der Waals surface area contributed by atoms with Crippen LogP contribution in [0.2, 0.25) is 0 Å². The minimum atomic E-state index is -0.389. The first-order valence-corrected chi connectivity index (χ1v) is 9.84. The summed E-state index contributed by atoms with van der Waals surface area (Å²) in [6.45, 7) is 7.90. The molecule has 0 unspecified atom stereocenters. The van der Waals surface area contributed by atoms with Crippen LogP contribution in [0, 0.1) is 20.8 Å². The van der Waals surface area contributed by atoms with E-state index < -0.39 is 0 Å². The molecule has 0 spiro atoms. The van der Waals surface area contributed by atoms with E-state index in [1.165, 1.54) is 12.3 Å². The van der Waals surface area contributed by atoms with Crippen molar-refractivity contribution in [2.75, 3.05) is 0 Å². The standard InChI is InChI=1S/C25H26N2O3/c1-16-8-11-20(12-9-16)24(28)27-23(15-21-6-5-13-30-21)25(29)26-19(4)22-14-17(2)7-10-18(22)3/h5-15,19H,1-4H3,(H,26,29)(H,27,28)/b23-15-/t19-/m0/s1. The van der Waals surface area contributed by atoms with Crippen LogP contribution in [0.5, 0.6) is 0 Å². The molecule has 2 N–H and O–H groups in total. The lowest BCUT2D eigenvalue weighted by atomic mass is 10.00. The van der Waals surface area contributed by atoms with Crippen LogP contribution in [-0.4, -0.2) is 11.8 Å². The first-order chi connectivity index (χ1) is 14.3. The molecule has 3 rings (SSSR count). The molecule has 0 aliphatic carbocycles. The summed E-state index contributed by atoms with van der Waals surface area (Å²) < 4.78 is 5.33. The molecule has 0 saturated heterocycles. The molecule has 2 aromatic carbocycles. The second kappa shape index (κ2) is 9.27. The van der Waals surface area contributed by atoms with E-state index in [9.17, 15) is 9.59 Å². The van der Waals surface area contributed by atoms with Crippen LogP contribution in [-0.2, 0) is 4.79 Å². The summed E-state index contributed by atoms with van der Waals surface area (Å²) >= 11 is 0. The number of rotatable bonds is 6. The molecule has 0 radical (unpaired) electrons. The molecule has 2 amide bonds. The van der Waals surface area contributed by atoms with E-state index in [4.69, 9.17) is 4.42 Å². The van der Waals surface area contributed by atoms with Crippen molar-refractivity contribution in [1.29, 1.82) is 0 Å². The smallest absolute Gasteiger partial charge is 0.268 e. The van der Waals surface area contributed by atoms with Gasteiger partial charge in [0.15, 0.2) is 0 Å². The van der Waals surface area contributed by atoms with Crippen LogP contribution in [0.25, 0.3) is 6.08 Å². The summed E-state index contributed by atoms with van der Waals surface area (Å²) in [4.78, 5) is 25.7. The maximum atomic E-state index is 13.0. The Morgan fingerprint density at radius 2 is 1.67 bits per heavy atom. The summed E-state index contributed by atoms with van der Waals surface area (Å²) in [5.41, 5.74) is 4.89. The van der Waals surface area contributed by atoms with Gasteiger partial charge in [-0.25, -0.2) is 0 Å². The Morgan fingerprint density at radius 3 is 2.33 bits per heavy atom. The Hall–Kier alpha value is -3.60. The third-order valence-electron chi connectivity index (χ3n) is 4.89. The summed E-state index contributed by atoms with van der Waals surface area (Å²) in [7, 11) is 0. The van der Waals surface area contributed by atoms with E-state index in [1.54, 1.807) is 24.3 Å². The van der Waals surface area contributed by atoms with Gasteiger partial charge >= 0.3 is 0 Å². The van der Waals surface area contributed by atoms with Crippen molar-refractivity contribution >= 4 is 17.9 Å². The molecule has 0 saturated carbocycles. The number of benzene rings is 2. The molecule has 1 aromatic heterocycles. The number of hydrogen-bond donors (Lipinski definition) is 2. The highest BCUT2D eigenvalue weighted by Gasteiger charge is 2.19. The van der Waals surface area contributed by atoms with Crippen molar-refractivity contribution in [2.45, 2.75) is 33.7 Å². The van der Waals surface area contributed by atoms with Crippen molar-refractivity contribution in [3.63, 3.8) is 0 Å². The number of carbonyl (C=O) groups excluding carboxylic acids is 2. The molecule has 0 bridgehead atoms. The Kier molecular flexibility index (Phi) is 6.52. The third-order valence-corrected chi connectivity index (χ3v) is 4.89. The Balaban J connectivity index is 1.83. The van der Waals surface area contributed by atoms with Gasteiger partial charge in [0.25, 0.3) is 11.8 Å². The van der Waals surface area contributed by atoms with Crippen molar-refractivity contribution in [3.05, 3.63) is 100 Å². The van der Waals surface area contributed by atoms with Gasteiger partial charge in [-0.1, -0.05) is 41.5 Å². The summed E-state index contributed by atoms with van der Waals surface area (Å²) in [6.07, 6.45) is 3.04. The lowest BCUT2D eigenvalue weighted by Gasteiger charge is -2.19. The monoisotopic (exact) mass is 402 g/mol. The number of amides is 2. The number of nitrogens with one attached hydrogen (secondary N) is 2. The van der Waals surface area contributed by atoms with Gasteiger partial charge < -0.3 is 15.1 Å². The predicted molar refractivity (Wildman–Crippen MR) is 118 cm³/mol. The molecular formula is C25H26N2O3. The molecule has 5 nitrogen and oxygen atoms in total. The number of aryl methyl sites for hydroxylation is 3. The van der Waals surface area contributed by atoms with Gasteiger partial charge in [-0.2, -0.15) is 0 Å². The fraction of sp³-hybridized carbons (Fsp3) is 0.200. The molecule has 3 aromatic rings. The Labute approximate surface area is 176 Å². The molecule has 30 heavy (non-hydrogen) atoms. The van der Waals surface area contributed by atoms with E-state index in [-0.39, 0.29) is 23.6 Å². The highest BCUT2D eigenvalue weighted by Crippen LogP contribution is 2.19. The zero-order chi connectivity index (χ0) is 21.7. The molecular weight excluding hydrogens is 376 g/mol. The Morgan fingerprint density at radius 1 is 0.967 bits per heavy atom. The topological polar surface area (TPSA) is 71.3 Å². The number of furan rings is 1. The van der Waals surface area contributed by atoms with Gasteiger partial charge in [-0.15, -0.1) is 0 Å². The average Bonchev–Trinajstić information content (AvgIpc) is 3.22. The van der Waals surface area contributed by atoms with Gasteiger partial charge in [0, 0.05) is 11.6 Å². The molecule has 1 heterocycles. The van der Waals surface area contributed by atoms with Gasteiger partial charge in [-0.05, 0) is 63.1 Å².